The minimum atomic E-state index is 0.665. The van der Waals surface area contributed by atoms with E-state index in [1.807, 2.05) is 36.4 Å². The van der Waals surface area contributed by atoms with Crippen LogP contribution in [0.3, 0.4) is 0 Å². The quantitative estimate of drug-likeness (QED) is 0.600. The molecule has 0 aliphatic rings. The molecule has 0 bridgehead atoms. The summed E-state index contributed by atoms with van der Waals surface area (Å²) in [4.78, 5) is 0. The standard InChI is InChI=1S/C11H7N3O/c1-2-5-9-8(4-1)11(15-14-9)10-6-3-7-12-13-10/h1-7H. The Labute approximate surface area is 85.5 Å². The molecule has 15 heavy (non-hydrogen) atoms. The van der Waals surface area contributed by atoms with Crippen LogP contribution in [0.2, 0.25) is 0 Å². The van der Waals surface area contributed by atoms with Crippen molar-refractivity contribution in [1.82, 2.24) is 15.4 Å². The minimum absolute atomic E-state index is 0.665. The SMILES string of the molecule is c1cnnc(-c2onc3ccccc23)c1. The van der Waals surface area contributed by atoms with E-state index in [1.54, 1.807) is 6.20 Å². The Bertz CT molecular complexity index is 589. The van der Waals surface area contributed by atoms with Crippen molar-refractivity contribution in [2.75, 3.05) is 0 Å². The molecule has 3 rings (SSSR count). The summed E-state index contributed by atoms with van der Waals surface area (Å²) in [5.41, 5.74) is 1.53. The van der Waals surface area contributed by atoms with Crippen molar-refractivity contribution < 1.29 is 4.52 Å². The highest BCUT2D eigenvalue weighted by atomic mass is 16.5. The molecule has 3 aromatic rings. The summed E-state index contributed by atoms with van der Waals surface area (Å²) >= 11 is 0. The third kappa shape index (κ3) is 1.27. The summed E-state index contributed by atoms with van der Waals surface area (Å²) < 4.78 is 5.25. The lowest BCUT2D eigenvalue weighted by Gasteiger charge is -1.92. The number of benzene rings is 1. The fourth-order valence-corrected chi connectivity index (χ4v) is 1.50. The molecule has 4 nitrogen and oxygen atoms in total. The highest BCUT2D eigenvalue weighted by Crippen LogP contribution is 2.25. The van der Waals surface area contributed by atoms with Crippen LogP contribution in [0.5, 0.6) is 0 Å². The van der Waals surface area contributed by atoms with Crippen LogP contribution in [-0.2, 0) is 0 Å². The van der Waals surface area contributed by atoms with Crippen molar-refractivity contribution in [3.05, 3.63) is 42.6 Å². The molecular formula is C11H7N3O. The fraction of sp³-hybridized carbons (Fsp3) is 0. The van der Waals surface area contributed by atoms with Gasteiger partial charge in [-0.3, -0.25) is 0 Å². The average molecular weight is 197 g/mol. The first-order valence-electron chi connectivity index (χ1n) is 4.57. The van der Waals surface area contributed by atoms with Crippen LogP contribution < -0.4 is 0 Å². The van der Waals surface area contributed by atoms with Crippen LogP contribution in [0, 0.1) is 0 Å². The third-order valence-electron chi connectivity index (χ3n) is 2.19. The zero-order valence-electron chi connectivity index (χ0n) is 7.79. The molecule has 0 spiro atoms. The van der Waals surface area contributed by atoms with Crippen molar-refractivity contribution in [1.29, 1.82) is 0 Å². The van der Waals surface area contributed by atoms with E-state index in [1.165, 1.54) is 0 Å². The number of nitrogens with zero attached hydrogens (tertiary/aromatic N) is 3. The monoisotopic (exact) mass is 197 g/mol. The maximum Gasteiger partial charge on any atom is 0.194 e. The van der Waals surface area contributed by atoms with E-state index < -0.39 is 0 Å². The summed E-state index contributed by atoms with van der Waals surface area (Å²) in [7, 11) is 0. The highest BCUT2D eigenvalue weighted by Gasteiger charge is 2.10. The fourth-order valence-electron chi connectivity index (χ4n) is 1.50. The van der Waals surface area contributed by atoms with Gasteiger partial charge in [-0.1, -0.05) is 17.3 Å². The molecular weight excluding hydrogens is 190 g/mol. The molecule has 0 unspecified atom stereocenters. The minimum Gasteiger partial charge on any atom is -0.353 e. The number of rotatable bonds is 1. The van der Waals surface area contributed by atoms with Crippen LogP contribution in [0.1, 0.15) is 0 Å². The first kappa shape index (κ1) is 8.11. The van der Waals surface area contributed by atoms with E-state index in [2.05, 4.69) is 15.4 Å². The topological polar surface area (TPSA) is 51.8 Å². The van der Waals surface area contributed by atoms with Crippen molar-refractivity contribution in [3.63, 3.8) is 0 Å². The second-order valence-electron chi connectivity index (χ2n) is 3.14. The molecule has 0 saturated carbocycles. The summed E-state index contributed by atoms with van der Waals surface area (Å²) in [5.74, 6) is 0.665. The van der Waals surface area contributed by atoms with Crippen LogP contribution >= 0.6 is 0 Å². The van der Waals surface area contributed by atoms with E-state index in [0.29, 0.717) is 11.5 Å². The number of hydrogen-bond acceptors (Lipinski definition) is 4. The third-order valence-corrected chi connectivity index (χ3v) is 2.19. The van der Waals surface area contributed by atoms with Gasteiger partial charge in [-0.15, -0.1) is 5.10 Å². The number of fused-ring (bicyclic) bond motifs is 1. The highest BCUT2D eigenvalue weighted by molar-refractivity contribution is 5.90. The Morgan fingerprint density at radius 1 is 1.00 bits per heavy atom. The maximum atomic E-state index is 5.25. The molecule has 2 aromatic heterocycles. The average Bonchev–Trinajstić information content (AvgIpc) is 2.74. The Morgan fingerprint density at radius 2 is 1.93 bits per heavy atom. The Morgan fingerprint density at radius 3 is 2.80 bits per heavy atom. The van der Waals surface area contributed by atoms with Gasteiger partial charge in [0, 0.05) is 6.20 Å². The molecule has 1 aromatic carbocycles. The Kier molecular flexibility index (Phi) is 1.71. The Hall–Kier alpha value is -2.23. The smallest absolute Gasteiger partial charge is 0.194 e. The molecule has 0 atom stereocenters. The van der Waals surface area contributed by atoms with E-state index in [-0.39, 0.29) is 0 Å². The van der Waals surface area contributed by atoms with E-state index >= 15 is 0 Å². The van der Waals surface area contributed by atoms with Gasteiger partial charge in [0.2, 0.25) is 0 Å². The number of aromatic nitrogens is 3. The lowest BCUT2D eigenvalue weighted by Crippen LogP contribution is -1.83. The van der Waals surface area contributed by atoms with Gasteiger partial charge in [-0.2, -0.15) is 5.10 Å². The maximum absolute atomic E-state index is 5.25. The van der Waals surface area contributed by atoms with Crippen LogP contribution in [0.4, 0.5) is 0 Å². The lowest BCUT2D eigenvalue weighted by atomic mass is 10.2. The molecule has 0 aliphatic heterocycles. The first-order chi connectivity index (χ1) is 7.45. The molecule has 0 amide bonds. The van der Waals surface area contributed by atoms with Gasteiger partial charge in [0.25, 0.3) is 0 Å². The predicted molar refractivity (Wildman–Crippen MR) is 55.0 cm³/mol. The molecule has 0 radical (unpaired) electrons. The molecule has 2 heterocycles. The van der Waals surface area contributed by atoms with Crippen molar-refractivity contribution in [2.24, 2.45) is 0 Å². The van der Waals surface area contributed by atoms with Crippen molar-refractivity contribution >= 4 is 10.9 Å². The molecule has 0 N–H and O–H groups in total. The van der Waals surface area contributed by atoms with Gasteiger partial charge in [0.15, 0.2) is 5.76 Å². The van der Waals surface area contributed by atoms with Gasteiger partial charge >= 0.3 is 0 Å². The van der Waals surface area contributed by atoms with Crippen molar-refractivity contribution in [2.45, 2.75) is 0 Å². The van der Waals surface area contributed by atoms with Crippen LogP contribution in [-0.4, -0.2) is 15.4 Å². The zero-order valence-corrected chi connectivity index (χ0v) is 7.79. The van der Waals surface area contributed by atoms with E-state index in [0.717, 1.165) is 10.9 Å². The largest absolute Gasteiger partial charge is 0.353 e. The predicted octanol–water partition coefficient (Wildman–Crippen LogP) is 2.28. The zero-order chi connectivity index (χ0) is 10.1. The molecule has 0 fully saturated rings. The van der Waals surface area contributed by atoms with Gasteiger partial charge in [-0.05, 0) is 24.3 Å². The molecule has 0 aliphatic carbocycles. The molecule has 4 heteroatoms. The normalized spacial score (nSPS) is 10.7. The van der Waals surface area contributed by atoms with Gasteiger partial charge < -0.3 is 4.52 Å². The van der Waals surface area contributed by atoms with Gasteiger partial charge in [0.05, 0.1) is 5.39 Å². The van der Waals surface area contributed by atoms with Crippen LogP contribution in [0.25, 0.3) is 22.4 Å². The van der Waals surface area contributed by atoms with E-state index in [9.17, 15) is 0 Å². The second-order valence-corrected chi connectivity index (χ2v) is 3.14. The number of hydrogen-bond donors (Lipinski definition) is 0. The second kappa shape index (κ2) is 3.16. The van der Waals surface area contributed by atoms with Gasteiger partial charge in [-0.25, -0.2) is 0 Å². The summed E-state index contributed by atoms with van der Waals surface area (Å²) in [6.07, 6.45) is 1.63. The molecule has 72 valence electrons. The Balaban J connectivity index is 2.28. The van der Waals surface area contributed by atoms with Crippen LogP contribution in [0.15, 0.2) is 47.1 Å². The summed E-state index contributed by atoms with van der Waals surface area (Å²) in [6, 6.07) is 11.4. The first-order valence-corrected chi connectivity index (χ1v) is 4.57. The molecule has 0 saturated heterocycles. The van der Waals surface area contributed by atoms with Gasteiger partial charge in [0.1, 0.15) is 11.2 Å². The summed E-state index contributed by atoms with van der Waals surface area (Å²) in [6.45, 7) is 0. The summed E-state index contributed by atoms with van der Waals surface area (Å²) in [5, 5.41) is 12.7. The lowest BCUT2D eigenvalue weighted by molar-refractivity contribution is 0.439. The van der Waals surface area contributed by atoms with Crippen molar-refractivity contribution in [3.8, 4) is 11.5 Å². The van der Waals surface area contributed by atoms with E-state index in [4.69, 9.17) is 4.52 Å².